The molecule has 3 rings (SSSR count). The first-order valence-corrected chi connectivity index (χ1v) is 8.65. The van der Waals surface area contributed by atoms with Crippen LogP contribution in [0.15, 0.2) is 47.9 Å². The lowest BCUT2D eigenvalue weighted by molar-refractivity contribution is -0.113. The van der Waals surface area contributed by atoms with Gasteiger partial charge in [0, 0.05) is 24.0 Å². The molecule has 0 radical (unpaired) electrons. The van der Waals surface area contributed by atoms with Crippen LogP contribution in [0.2, 0.25) is 0 Å². The van der Waals surface area contributed by atoms with Crippen LogP contribution in [0.25, 0.3) is 11.4 Å². The fourth-order valence-electron chi connectivity index (χ4n) is 2.17. The van der Waals surface area contributed by atoms with Crippen molar-refractivity contribution in [2.24, 2.45) is 0 Å². The predicted molar refractivity (Wildman–Crippen MR) is 98.5 cm³/mol. The third kappa shape index (κ3) is 4.31. The highest BCUT2D eigenvalue weighted by molar-refractivity contribution is 7.99. The second kappa shape index (κ2) is 8.34. The molecule has 9 heteroatoms. The van der Waals surface area contributed by atoms with Gasteiger partial charge in [-0.15, -0.1) is 5.10 Å². The number of anilines is 1. The van der Waals surface area contributed by atoms with E-state index < -0.39 is 0 Å². The minimum atomic E-state index is -0.186. The predicted octanol–water partition coefficient (Wildman–Crippen LogP) is 2.61. The van der Waals surface area contributed by atoms with Gasteiger partial charge in [-0.3, -0.25) is 14.9 Å². The molecule has 134 valence electrons. The number of pyridine rings is 1. The molecule has 0 bridgehead atoms. The largest absolute Gasteiger partial charge is 0.497 e. The first-order chi connectivity index (χ1) is 12.7. The molecule has 2 N–H and O–H groups in total. The zero-order valence-corrected chi connectivity index (χ0v) is 15.0. The molecule has 0 fully saturated rings. The molecule has 1 aromatic carbocycles. The fraction of sp³-hybridized carbons (Fsp3) is 0.176. The summed E-state index contributed by atoms with van der Waals surface area (Å²) in [5.74, 6) is 1.79. The Morgan fingerprint density at radius 1 is 1.19 bits per heavy atom. The van der Waals surface area contributed by atoms with Crippen molar-refractivity contribution in [2.75, 3.05) is 25.3 Å². The molecule has 0 atom stereocenters. The van der Waals surface area contributed by atoms with Crippen molar-refractivity contribution in [1.82, 2.24) is 20.2 Å². The van der Waals surface area contributed by atoms with Crippen molar-refractivity contribution in [2.45, 2.75) is 5.16 Å². The Bertz CT molecular complexity index is 885. The van der Waals surface area contributed by atoms with E-state index in [0.717, 1.165) is 5.56 Å². The molecule has 0 saturated carbocycles. The number of benzene rings is 1. The van der Waals surface area contributed by atoms with Crippen LogP contribution in [-0.2, 0) is 4.79 Å². The van der Waals surface area contributed by atoms with E-state index in [2.05, 4.69) is 25.5 Å². The molecule has 2 heterocycles. The summed E-state index contributed by atoms with van der Waals surface area (Å²) in [6.07, 6.45) is 3.36. The summed E-state index contributed by atoms with van der Waals surface area (Å²) in [4.78, 5) is 20.5. The van der Waals surface area contributed by atoms with Crippen LogP contribution in [0, 0.1) is 0 Å². The van der Waals surface area contributed by atoms with Crippen LogP contribution >= 0.6 is 11.8 Å². The van der Waals surface area contributed by atoms with Crippen molar-refractivity contribution < 1.29 is 14.3 Å². The van der Waals surface area contributed by atoms with Crippen molar-refractivity contribution in [1.29, 1.82) is 0 Å². The summed E-state index contributed by atoms with van der Waals surface area (Å²) in [6.45, 7) is 0. The van der Waals surface area contributed by atoms with E-state index >= 15 is 0 Å². The first-order valence-electron chi connectivity index (χ1n) is 7.67. The van der Waals surface area contributed by atoms with Gasteiger partial charge in [-0.2, -0.15) is 0 Å². The minimum Gasteiger partial charge on any atom is -0.497 e. The van der Waals surface area contributed by atoms with Crippen LogP contribution in [0.3, 0.4) is 0 Å². The molecule has 0 aliphatic rings. The topological polar surface area (TPSA) is 102 Å². The van der Waals surface area contributed by atoms with Crippen molar-refractivity contribution >= 4 is 23.4 Å². The Hall–Kier alpha value is -3.07. The molecule has 0 aliphatic carbocycles. The van der Waals surface area contributed by atoms with Gasteiger partial charge in [-0.25, -0.2) is 4.98 Å². The maximum absolute atomic E-state index is 12.2. The Balaban J connectivity index is 1.59. The summed E-state index contributed by atoms with van der Waals surface area (Å²) >= 11 is 1.24. The van der Waals surface area contributed by atoms with Crippen molar-refractivity contribution in [3.63, 3.8) is 0 Å². The Morgan fingerprint density at radius 2 is 2.00 bits per heavy atom. The average Bonchev–Trinajstić information content (AvgIpc) is 3.16. The molecular formula is C17H17N5O3S. The monoisotopic (exact) mass is 371 g/mol. The fourth-order valence-corrected chi connectivity index (χ4v) is 2.77. The Labute approximate surface area is 154 Å². The zero-order chi connectivity index (χ0) is 18.4. The lowest BCUT2D eigenvalue weighted by Gasteiger charge is -2.11. The number of rotatable bonds is 7. The number of ether oxygens (including phenoxy) is 2. The van der Waals surface area contributed by atoms with Gasteiger partial charge >= 0.3 is 0 Å². The number of carbonyl (C=O) groups excluding carboxylic acids is 1. The smallest absolute Gasteiger partial charge is 0.234 e. The van der Waals surface area contributed by atoms with Crippen LogP contribution in [0.5, 0.6) is 11.5 Å². The van der Waals surface area contributed by atoms with Crippen molar-refractivity contribution in [3.8, 4) is 22.9 Å². The van der Waals surface area contributed by atoms with E-state index in [1.165, 1.54) is 18.9 Å². The Kier molecular flexibility index (Phi) is 5.69. The molecule has 0 spiro atoms. The quantitative estimate of drug-likeness (QED) is 0.616. The summed E-state index contributed by atoms with van der Waals surface area (Å²) in [5, 5.41) is 10.3. The summed E-state index contributed by atoms with van der Waals surface area (Å²) in [5.41, 5.74) is 1.46. The molecule has 0 aliphatic heterocycles. The zero-order valence-electron chi connectivity index (χ0n) is 14.2. The van der Waals surface area contributed by atoms with Gasteiger partial charge in [-0.05, 0) is 24.3 Å². The summed E-state index contributed by atoms with van der Waals surface area (Å²) in [7, 11) is 3.11. The number of hydrogen-bond donors (Lipinski definition) is 2. The van der Waals surface area contributed by atoms with E-state index in [4.69, 9.17) is 9.47 Å². The van der Waals surface area contributed by atoms with Crippen LogP contribution in [-0.4, -0.2) is 46.0 Å². The normalized spacial score (nSPS) is 10.4. The van der Waals surface area contributed by atoms with Crippen LogP contribution in [0.4, 0.5) is 5.69 Å². The average molecular weight is 371 g/mol. The second-order valence-electron chi connectivity index (χ2n) is 5.11. The molecule has 2 aromatic heterocycles. The number of hydrogen-bond acceptors (Lipinski definition) is 7. The van der Waals surface area contributed by atoms with Gasteiger partial charge in [0.1, 0.15) is 11.5 Å². The molecule has 1 amide bonds. The van der Waals surface area contributed by atoms with Gasteiger partial charge < -0.3 is 14.8 Å². The third-order valence-corrected chi connectivity index (χ3v) is 4.28. The van der Waals surface area contributed by atoms with E-state index in [-0.39, 0.29) is 11.7 Å². The molecule has 0 unspecified atom stereocenters. The maximum atomic E-state index is 12.2. The summed E-state index contributed by atoms with van der Waals surface area (Å²) in [6, 6.07) is 8.85. The van der Waals surface area contributed by atoms with Gasteiger partial charge in [0.05, 0.1) is 25.7 Å². The number of carbonyl (C=O) groups is 1. The van der Waals surface area contributed by atoms with Gasteiger partial charge in [-0.1, -0.05) is 11.8 Å². The number of H-pyrrole nitrogens is 1. The molecule has 26 heavy (non-hydrogen) atoms. The lowest BCUT2D eigenvalue weighted by Crippen LogP contribution is -2.14. The SMILES string of the molecule is COc1ccc(NC(=O)CSc2n[nH]c(-c3ccncc3)n2)c(OC)c1. The highest BCUT2D eigenvalue weighted by Gasteiger charge is 2.12. The van der Waals surface area contributed by atoms with E-state index in [9.17, 15) is 4.79 Å². The van der Waals surface area contributed by atoms with Crippen LogP contribution in [0.1, 0.15) is 0 Å². The van der Waals surface area contributed by atoms with E-state index in [0.29, 0.717) is 28.2 Å². The highest BCUT2D eigenvalue weighted by atomic mass is 32.2. The molecule has 3 aromatic rings. The van der Waals surface area contributed by atoms with E-state index in [1.807, 2.05) is 12.1 Å². The number of amides is 1. The maximum Gasteiger partial charge on any atom is 0.234 e. The summed E-state index contributed by atoms with van der Waals surface area (Å²) < 4.78 is 10.4. The first kappa shape index (κ1) is 17.7. The lowest BCUT2D eigenvalue weighted by atomic mass is 10.2. The van der Waals surface area contributed by atoms with Gasteiger partial charge in [0.15, 0.2) is 5.82 Å². The number of thioether (sulfide) groups is 1. The standard InChI is InChI=1S/C17H17N5O3S/c1-24-12-3-4-13(14(9-12)25-2)19-15(23)10-26-17-20-16(21-22-17)11-5-7-18-8-6-11/h3-9H,10H2,1-2H3,(H,19,23)(H,20,21,22). The minimum absolute atomic E-state index is 0.169. The molecule has 8 nitrogen and oxygen atoms in total. The Morgan fingerprint density at radius 3 is 2.73 bits per heavy atom. The third-order valence-electron chi connectivity index (χ3n) is 3.43. The van der Waals surface area contributed by atoms with Gasteiger partial charge in [0.25, 0.3) is 0 Å². The second-order valence-corrected chi connectivity index (χ2v) is 6.05. The number of aromatic nitrogens is 4. The molecule has 0 saturated heterocycles. The van der Waals surface area contributed by atoms with Crippen molar-refractivity contribution in [3.05, 3.63) is 42.7 Å². The molecular weight excluding hydrogens is 354 g/mol. The number of nitrogens with zero attached hydrogens (tertiary/aromatic N) is 3. The number of aromatic amines is 1. The van der Waals surface area contributed by atoms with Crippen LogP contribution < -0.4 is 14.8 Å². The number of nitrogens with one attached hydrogen (secondary N) is 2. The van der Waals surface area contributed by atoms with Gasteiger partial charge in [0.2, 0.25) is 11.1 Å². The number of methoxy groups -OCH3 is 2. The highest BCUT2D eigenvalue weighted by Crippen LogP contribution is 2.29. The van der Waals surface area contributed by atoms with E-state index in [1.54, 1.807) is 37.7 Å².